The van der Waals surface area contributed by atoms with E-state index < -0.39 is 5.16 Å². The number of nitrogens with one attached hydrogen (secondary N) is 3. The number of hydrogen-bond donors (Lipinski definition) is 3. The number of aromatic amines is 2. The van der Waals surface area contributed by atoms with Crippen LogP contribution in [0, 0.1) is 0 Å². The number of methoxy groups -OCH3 is 2. The summed E-state index contributed by atoms with van der Waals surface area (Å²) < 4.78 is 12.5. The minimum atomic E-state index is -0.535. The molecule has 1 atom stereocenters. The number of pyridine rings is 1. The lowest BCUT2D eigenvalue weighted by atomic mass is 10.1. The molecule has 5 rings (SSSR count). The second kappa shape index (κ2) is 8.54. The van der Waals surface area contributed by atoms with Crippen LogP contribution in [0.5, 0.6) is 11.5 Å². The molecular formula is C23H26N8O3Si. The smallest absolute Gasteiger partial charge is 0.261 e. The van der Waals surface area contributed by atoms with Gasteiger partial charge >= 0.3 is 0 Å². The summed E-state index contributed by atoms with van der Waals surface area (Å²) in [5.41, 5.74) is 3.24. The van der Waals surface area contributed by atoms with Gasteiger partial charge in [-0.25, -0.2) is 15.0 Å². The molecule has 0 aliphatic rings. The summed E-state index contributed by atoms with van der Waals surface area (Å²) in [5, 5.41) is 7.71. The first kappa shape index (κ1) is 22.6. The van der Waals surface area contributed by atoms with Crippen molar-refractivity contribution in [3.05, 3.63) is 53.0 Å². The lowest BCUT2D eigenvalue weighted by Crippen LogP contribution is -2.38. The third-order valence-electron chi connectivity index (χ3n) is 6.18. The molecule has 12 heteroatoms. The topological polar surface area (TPSA) is 136 Å². The van der Waals surface area contributed by atoms with E-state index >= 15 is 0 Å². The standard InChI is InChI=1S/C23H26N8O3Si/c1-5-23(35,22-24-7-6-8-25-22)29-19-17(21(32)28-14-11-31(2)30-18(14)19)20-26-12-9-15(33-3)16(34-4)10-13(12)27-20/h6-11,29H,5H2,1-4,35H3,(H,26,27)(H,28,32). The zero-order chi connectivity index (χ0) is 24.7. The van der Waals surface area contributed by atoms with Gasteiger partial charge in [-0.2, -0.15) is 5.10 Å². The van der Waals surface area contributed by atoms with E-state index in [1.165, 1.54) is 0 Å². The number of anilines is 1. The lowest BCUT2D eigenvalue weighted by Gasteiger charge is -2.30. The van der Waals surface area contributed by atoms with E-state index in [4.69, 9.17) is 14.5 Å². The molecule has 35 heavy (non-hydrogen) atoms. The van der Waals surface area contributed by atoms with E-state index in [2.05, 4.69) is 37.3 Å². The van der Waals surface area contributed by atoms with Gasteiger partial charge in [0.05, 0.1) is 41.6 Å². The molecule has 0 saturated heterocycles. The van der Waals surface area contributed by atoms with Crippen molar-refractivity contribution in [1.82, 2.24) is 34.7 Å². The molecule has 0 bridgehead atoms. The maximum atomic E-state index is 13.4. The Labute approximate surface area is 203 Å². The van der Waals surface area contributed by atoms with Crippen LogP contribution in [0.1, 0.15) is 19.2 Å². The first-order valence-corrected chi connectivity index (χ1v) is 12.1. The van der Waals surface area contributed by atoms with Crippen molar-refractivity contribution in [1.29, 1.82) is 0 Å². The third kappa shape index (κ3) is 3.81. The Morgan fingerprint density at radius 3 is 2.51 bits per heavy atom. The predicted molar refractivity (Wildman–Crippen MR) is 137 cm³/mol. The summed E-state index contributed by atoms with van der Waals surface area (Å²) in [6.07, 6.45) is 5.95. The SMILES string of the molecule is CCC([SiH3])(Nc1c(-c2nc3cc(OC)c(OC)cc3[nH]2)c(=O)[nH]c2cn(C)nc12)c1ncccn1. The summed E-state index contributed by atoms with van der Waals surface area (Å²) in [6, 6.07) is 5.36. The van der Waals surface area contributed by atoms with Gasteiger partial charge in [0, 0.05) is 48.0 Å². The molecule has 0 amide bonds. The van der Waals surface area contributed by atoms with E-state index in [1.807, 2.05) is 7.05 Å². The van der Waals surface area contributed by atoms with E-state index in [0.717, 1.165) is 6.42 Å². The second-order valence-corrected chi connectivity index (χ2v) is 10.2. The minimum absolute atomic E-state index is 0.292. The molecule has 0 aliphatic carbocycles. The van der Waals surface area contributed by atoms with Gasteiger partial charge < -0.3 is 24.8 Å². The van der Waals surface area contributed by atoms with Crippen LogP contribution < -0.4 is 20.3 Å². The fourth-order valence-electron chi connectivity index (χ4n) is 4.15. The highest BCUT2D eigenvalue weighted by Gasteiger charge is 2.31. The molecule has 0 radical (unpaired) electrons. The average molecular weight is 491 g/mol. The van der Waals surface area contributed by atoms with Crippen LogP contribution >= 0.6 is 0 Å². The van der Waals surface area contributed by atoms with Gasteiger partial charge in [0.25, 0.3) is 5.56 Å². The number of fused-ring (bicyclic) bond motifs is 2. The van der Waals surface area contributed by atoms with Crippen LogP contribution in [-0.4, -0.2) is 59.2 Å². The molecule has 1 unspecified atom stereocenters. The molecule has 3 N–H and O–H groups in total. The molecule has 0 saturated carbocycles. The molecule has 11 nitrogen and oxygen atoms in total. The molecule has 0 fully saturated rings. The molecule has 1 aromatic carbocycles. The number of ether oxygens (including phenoxy) is 2. The highest BCUT2D eigenvalue weighted by molar-refractivity contribution is 6.17. The van der Waals surface area contributed by atoms with Gasteiger partial charge in [-0.1, -0.05) is 6.92 Å². The summed E-state index contributed by atoms with van der Waals surface area (Å²) in [7, 11) is 5.63. The largest absolute Gasteiger partial charge is 0.493 e. The zero-order valence-electron chi connectivity index (χ0n) is 20.1. The monoisotopic (exact) mass is 490 g/mol. The minimum Gasteiger partial charge on any atom is -0.493 e. The van der Waals surface area contributed by atoms with E-state index in [9.17, 15) is 4.79 Å². The quantitative estimate of drug-likeness (QED) is 0.293. The van der Waals surface area contributed by atoms with E-state index in [0.29, 0.717) is 66.7 Å². The Balaban J connectivity index is 1.76. The van der Waals surface area contributed by atoms with Gasteiger partial charge in [-0.05, 0) is 12.5 Å². The maximum absolute atomic E-state index is 13.4. The fraction of sp³-hybridized carbons (Fsp3) is 0.261. The summed E-state index contributed by atoms with van der Waals surface area (Å²) >= 11 is 0. The molecule has 5 aromatic rings. The third-order valence-corrected chi connectivity index (χ3v) is 7.59. The van der Waals surface area contributed by atoms with Crippen molar-refractivity contribution < 1.29 is 9.47 Å². The number of hydrogen-bond acceptors (Lipinski definition) is 8. The van der Waals surface area contributed by atoms with Crippen LogP contribution in [0.3, 0.4) is 0 Å². The number of aryl methyl sites for hydroxylation is 1. The van der Waals surface area contributed by atoms with E-state index in [-0.39, 0.29) is 5.56 Å². The van der Waals surface area contributed by atoms with Crippen molar-refractivity contribution in [3.63, 3.8) is 0 Å². The van der Waals surface area contributed by atoms with Crippen LogP contribution in [-0.2, 0) is 12.2 Å². The Bertz CT molecular complexity index is 1550. The Hall–Kier alpha value is -4.19. The van der Waals surface area contributed by atoms with Crippen LogP contribution in [0.4, 0.5) is 5.69 Å². The fourth-order valence-corrected chi connectivity index (χ4v) is 4.65. The molecule has 0 spiro atoms. The van der Waals surface area contributed by atoms with Gasteiger partial charge in [0.1, 0.15) is 22.7 Å². The van der Waals surface area contributed by atoms with Crippen LogP contribution in [0.2, 0.25) is 0 Å². The predicted octanol–water partition coefficient (Wildman–Crippen LogP) is 1.65. The number of aromatic nitrogens is 7. The highest BCUT2D eigenvalue weighted by atomic mass is 28.1. The number of nitrogens with zero attached hydrogens (tertiary/aromatic N) is 5. The van der Waals surface area contributed by atoms with Gasteiger partial charge in [0.2, 0.25) is 0 Å². The Morgan fingerprint density at radius 2 is 1.83 bits per heavy atom. The molecule has 180 valence electrons. The van der Waals surface area contributed by atoms with Gasteiger partial charge in [-0.15, -0.1) is 0 Å². The molecule has 4 aromatic heterocycles. The first-order valence-electron chi connectivity index (χ1n) is 11.1. The number of imidazole rings is 1. The second-order valence-electron chi connectivity index (χ2n) is 8.46. The van der Waals surface area contributed by atoms with Crippen LogP contribution in [0.15, 0.2) is 41.6 Å². The number of benzene rings is 1. The number of rotatable bonds is 7. The molecule has 4 heterocycles. The normalized spacial score (nSPS) is 13.3. The lowest BCUT2D eigenvalue weighted by molar-refractivity contribution is 0.356. The van der Waals surface area contributed by atoms with Crippen molar-refractivity contribution in [2.45, 2.75) is 18.5 Å². The maximum Gasteiger partial charge on any atom is 0.261 e. The van der Waals surface area contributed by atoms with Crippen molar-refractivity contribution in [2.24, 2.45) is 7.05 Å². The van der Waals surface area contributed by atoms with Gasteiger partial charge in [0.15, 0.2) is 11.5 Å². The molecule has 0 aliphatic heterocycles. The highest BCUT2D eigenvalue weighted by Crippen LogP contribution is 2.36. The van der Waals surface area contributed by atoms with Gasteiger partial charge in [-0.3, -0.25) is 9.48 Å². The van der Waals surface area contributed by atoms with Crippen LogP contribution in [0.25, 0.3) is 33.5 Å². The number of H-pyrrole nitrogens is 2. The van der Waals surface area contributed by atoms with E-state index in [1.54, 1.807) is 55.7 Å². The van der Waals surface area contributed by atoms with Crippen molar-refractivity contribution in [3.8, 4) is 22.9 Å². The Morgan fingerprint density at radius 1 is 1.11 bits per heavy atom. The average Bonchev–Trinajstić information content (AvgIpc) is 3.45. The summed E-state index contributed by atoms with van der Waals surface area (Å²) in [4.78, 5) is 33.4. The van der Waals surface area contributed by atoms with Crippen molar-refractivity contribution >= 4 is 38.0 Å². The first-order chi connectivity index (χ1) is 16.9. The summed E-state index contributed by atoms with van der Waals surface area (Å²) in [6.45, 7) is 2.07. The molecular weight excluding hydrogens is 464 g/mol. The van der Waals surface area contributed by atoms with Crippen molar-refractivity contribution in [2.75, 3.05) is 19.5 Å². The summed E-state index contributed by atoms with van der Waals surface area (Å²) in [5.74, 6) is 2.19. The zero-order valence-corrected chi connectivity index (χ0v) is 22.1. The Kier molecular flexibility index (Phi) is 5.51.